The van der Waals surface area contributed by atoms with Gasteiger partial charge >= 0.3 is 0 Å². The summed E-state index contributed by atoms with van der Waals surface area (Å²) in [4.78, 5) is 12.7. The maximum atomic E-state index is 10.1. The molecule has 1 saturated heterocycles. The molecule has 0 spiro atoms. The number of aromatic nitrogens is 2. The zero-order chi connectivity index (χ0) is 12.3. The zero-order valence-corrected chi connectivity index (χ0v) is 10.5. The van der Waals surface area contributed by atoms with Gasteiger partial charge in [-0.05, 0) is 20.5 Å². The highest BCUT2D eigenvalue weighted by molar-refractivity contribution is 5.00. The molecule has 0 radical (unpaired) electrons. The number of nitrogens with zero attached hydrogens (tertiary/aromatic N) is 4. The van der Waals surface area contributed by atoms with E-state index < -0.39 is 6.10 Å². The van der Waals surface area contributed by atoms with Crippen LogP contribution in [0.4, 0.5) is 0 Å². The Morgan fingerprint density at radius 1 is 1.41 bits per heavy atom. The van der Waals surface area contributed by atoms with Crippen LogP contribution in [-0.2, 0) is 0 Å². The summed E-state index contributed by atoms with van der Waals surface area (Å²) in [6.07, 6.45) is 5.06. The van der Waals surface area contributed by atoms with Gasteiger partial charge in [-0.25, -0.2) is 0 Å². The third kappa shape index (κ3) is 3.21. The quantitative estimate of drug-likeness (QED) is 0.809. The molecule has 2 rings (SSSR count). The van der Waals surface area contributed by atoms with Gasteiger partial charge in [0.2, 0.25) is 0 Å². The molecule has 0 saturated carbocycles. The molecule has 2 atom stereocenters. The van der Waals surface area contributed by atoms with Gasteiger partial charge < -0.3 is 14.9 Å². The van der Waals surface area contributed by atoms with Gasteiger partial charge in [0.15, 0.2) is 0 Å². The van der Waals surface area contributed by atoms with E-state index in [1.807, 2.05) is 0 Å². The van der Waals surface area contributed by atoms with Gasteiger partial charge in [-0.2, -0.15) is 0 Å². The average Bonchev–Trinajstić information content (AvgIpc) is 2.35. The summed E-state index contributed by atoms with van der Waals surface area (Å²) in [6, 6.07) is 0.380. The Labute approximate surface area is 102 Å². The average molecular weight is 236 g/mol. The van der Waals surface area contributed by atoms with E-state index in [2.05, 4.69) is 33.9 Å². The fourth-order valence-electron chi connectivity index (χ4n) is 2.22. The number of piperazine rings is 1. The number of hydrogen-bond acceptors (Lipinski definition) is 5. The Morgan fingerprint density at radius 2 is 2.24 bits per heavy atom. The summed E-state index contributed by atoms with van der Waals surface area (Å²) in [6.45, 7) is 3.14. The number of rotatable bonds is 3. The normalized spacial score (nSPS) is 24.8. The van der Waals surface area contributed by atoms with Gasteiger partial charge in [0.1, 0.15) is 0 Å². The second-order valence-corrected chi connectivity index (χ2v) is 4.78. The first-order chi connectivity index (χ1) is 8.16. The standard InChI is InChI=1S/C12H20N4O/c1-15-5-6-16(2)10(9-15)7-12(17)11-8-13-3-4-14-11/h3-4,8,10,12,17H,5-7,9H2,1-2H3. The van der Waals surface area contributed by atoms with E-state index in [0.717, 1.165) is 19.6 Å². The second-order valence-electron chi connectivity index (χ2n) is 4.78. The van der Waals surface area contributed by atoms with Gasteiger partial charge in [0.25, 0.3) is 0 Å². The highest BCUT2D eigenvalue weighted by Gasteiger charge is 2.25. The Bertz CT molecular complexity index is 346. The smallest absolute Gasteiger partial charge is 0.0990 e. The van der Waals surface area contributed by atoms with E-state index in [4.69, 9.17) is 0 Å². The Balaban J connectivity index is 1.96. The molecule has 2 heterocycles. The molecule has 1 aliphatic rings. The molecule has 2 unspecified atom stereocenters. The molecular weight excluding hydrogens is 216 g/mol. The first-order valence-electron chi connectivity index (χ1n) is 5.99. The van der Waals surface area contributed by atoms with Crippen LogP contribution in [0.1, 0.15) is 18.2 Å². The maximum absolute atomic E-state index is 10.1. The van der Waals surface area contributed by atoms with Crippen LogP contribution < -0.4 is 0 Å². The minimum atomic E-state index is -0.525. The molecule has 17 heavy (non-hydrogen) atoms. The number of aliphatic hydroxyl groups excluding tert-OH is 1. The third-order valence-electron chi connectivity index (χ3n) is 3.40. The third-order valence-corrected chi connectivity index (χ3v) is 3.40. The largest absolute Gasteiger partial charge is 0.387 e. The van der Waals surface area contributed by atoms with E-state index >= 15 is 0 Å². The lowest BCUT2D eigenvalue weighted by Crippen LogP contribution is -2.50. The summed E-state index contributed by atoms with van der Waals surface area (Å²) in [7, 11) is 4.23. The number of aliphatic hydroxyl groups is 1. The van der Waals surface area contributed by atoms with Gasteiger partial charge in [0, 0.05) is 38.1 Å². The van der Waals surface area contributed by atoms with Crippen molar-refractivity contribution in [3.63, 3.8) is 0 Å². The SMILES string of the molecule is CN1CCN(C)C(CC(O)c2cnccn2)C1. The van der Waals surface area contributed by atoms with Crippen molar-refractivity contribution >= 4 is 0 Å². The predicted molar refractivity (Wildman–Crippen MR) is 65.5 cm³/mol. The van der Waals surface area contributed by atoms with Crippen molar-refractivity contribution in [1.29, 1.82) is 0 Å². The minimum absolute atomic E-state index is 0.380. The molecule has 5 nitrogen and oxygen atoms in total. The molecule has 1 aromatic heterocycles. The van der Waals surface area contributed by atoms with Crippen LogP contribution in [0.5, 0.6) is 0 Å². The van der Waals surface area contributed by atoms with Crippen LogP contribution in [0.15, 0.2) is 18.6 Å². The van der Waals surface area contributed by atoms with E-state index in [1.165, 1.54) is 0 Å². The van der Waals surface area contributed by atoms with E-state index in [-0.39, 0.29) is 0 Å². The first-order valence-corrected chi connectivity index (χ1v) is 5.99. The van der Waals surface area contributed by atoms with Crippen molar-refractivity contribution in [2.24, 2.45) is 0 Å². The number of hydrogen-bond donors (Lipinski definition) is 1. The summed E-state index contributed by atoms with van der Waals surface area (Å²) < 4.78 is 0. The Morgan fingerprint density at radius 3 is 2.94 bits per heavy atom. The second kappa shape index (κ2) is 5.53. The molecule has 1 fully saturated rings. The summed E-state index contributed by atoms with van der Waals surface area (Å²) in [5.74, 6) is 0. The van der Waals surface area contributed by atoms with Gasteiger partial charge in [-0.15, -0.1) is 0 Å². The van der Waals surface area contributed by atoms with Gasteiger partial charge in [0.05, 0.1) is 18.0 Å². The topological polar surface area (TPSA) is 52.5 Å². The molecule has 0 aliphatic carbocycles. The predicted octanol–water partition coefficient (Wildman–Crippen LogP) is 0.146. The van der Waals surface area contributed by atoms with Crippen LogP contribution in [0.25, 0.3) is 0 Å². The highest BCUT2D eigenvalue weighted by Crippen LogP contribution is 2.20. The molecule has 0 aromatic carbocycles. The van der Waals surface area contributed by atoms with E-state index in [1.54, 1.807) is 18.6 Å². The van der Waals surface area contributed by atoms with Crippen molar-refractivity contribution < 1.29 is 5.11 Å². The lowest BCUT2D eigenvalue weighted by molar-refractivity contribution is 0.0618. The summed E-state index contributed by atoms with van der Waals surface area (Å²) in [5.41, 5.74) is 0.661. The fraction of sp³-hybridized carbons (Fsp3) is 0.667. The fourth-order valence-corrected chi connectivity index (χ4v) is 2.22. The summed E-state index contributed by atoms with van der Waals surface area (Å²) in [5, 5.41) is 10.1. The van der Waals surface area contributed by atoms with E-state index in [0.29, 0.717) is 18.2 Å². The van der Waals surface area contributed by atoms with Crippen molar-refractivity contribution in [2.45, 2.75) is 18.6 Å². The maximum Gasteiger partial charge on any atom is 0.0990 e. The van der Waals surface area contributed by atoms with Crippen LogP contribution in [0, 0.1) is 0 Å². The molecule has 0 bridgehead atoms. The van der Waals surface area contributed by atoms with Gasteiger partial charge in [-0.3, -0.25) is 9.97 Å². The zero-order valence-electron chi connectivity index (χ0n) is 10.5. The number of likely N-dealkylation sites (N-methyl/N-ethyl adjacent to an activating group) is 2. The lowest BCUT2D eigenvalue weighted by atomic mass is 10.0. The molecule has 0 amide bonds. The molecule has 1 aromatic rings. The van der Waals surface area contributed by atoms with E-state index in [9.17, 15) is 5.11 Å². The van der Waals surface area contributed by atoms with Crippen molar-refractivity contribution in [1.82, 2.24) is 19.8 Å². The Hall–Kier alpha value is -1.04. The highest BCUT2D eigenvalue weighted by atomic mass is 16.3. The van der Waals surface area contributed by atoms with Crippen molar-refractivity contribution in [3.8, 4) is 0 Å². The molecule has 1 aliphatic heterocycles. The first kappa shape index (κ1) is 12.4. The summed E-state index contributed by atoms with van der Waals surface area (Å²) >= 11 is 0. The molecule has 94 valence electrons. The van der Waals surface area contributed by atoms with Crippen molar-refractivity contribution in [3.05, 3.63) is 24.3 Å². The Kier molecular flexibility index (Phi) is 4.04. The molecule has 1 N–H and O–H groups in total. The van der Waals surface area contributed by atoms with Crippen LogP contribution in [-0.4, -0.2) is 64.6 Å². The molecular formula is C12H20N4O. The van der Waals surface area contributed by atoms with Gasteiger partial charge in [-0.1, -0.05) is 0 Å². The van der Waals surface area contributed by atoms with Crippen LogP contribution in [0.3, 0.4) is 0 Å². The lowest BCUT2D eigenvalue weighted by Gasteiger charge is -2.38. The van der Waals surface area contributed by atoms with Crippen LogP contribution in [0.2, 0.25) is 0 Å². The molecule has 5 heteroatoms. The van der Waals surface area contributed by atoms with Crippen molar-refractivity contribution in [2.75, 3.05) is 33.7 Å². The monoisotopic (exact) mass is 236 g/mol. The van der Waals surface area contributed by atoms with Crippen LogP contribution >= 0.6 is 0 Å². The minimum Gasteiger partial charge on any atom is -0.387 e.